The van der Waals surface area contributed by atoms with Crippen LogP contribution in [0.3, 0.4) is 0 Å². The molecule has 2 heterocycles. The van der Waals surface area contributed by atoms with Gasteiger partial charge in [0, 0.05) is 43.3 Å². The molecule has 28 heavy (non-hydrogen) atoms. The summed E-state index contributed by atoms with van der Waals surface area (Å²) in [4.78, 5) is 28.7. The minimum atomic E-state index is -0.381. The van der Waals surface area contributed by atoms with E-state index in [0.29, 0.717) is 42.8 Å². The Morgan fingerprint density at radius 2 is 1.93 bits per heavy atom. The van der Waals surface area contributed by atoms with E-state index < -0.39 is 0 Å². The number of nitrogens with zero attached hydrogens (tertiary/aromatic N) is 2. The summed E-state index contributed by atoms with van der Waals surface area (Å²) in [6, 6.07) is 12.9. The molecular weight excluding hydrogens is 380 g/mol. The number of carbonyl (C=O) groups is 2. The molecule has 1 fully saturated rings. The van der Waals surface area contributed by atoms with Crippen LogP contribution in [-0.2, 0) is 16.1 Å². The number of anilines is 1. The summed E-state index contributed by atoms with van der Waals surface area (Å²) < 4.78 is 11.1. The number of halogens is 1. The SMILES string of the molecule is CN(Cc1ccccc1Cl)C(=O)[C@@H]1CC(=O)N(c2ccc3c(c2)OCCO3)C1. The second-order valence-electron chi connectivity index (χ2n) is 7.02. The van der Waals surface area contributed by atoms with Gasteiger partial charge in [-0.05, 0) is 23.8 Å². The van der Waals surface area contributed by atoms with Crippen LogP contribution in [0, 0.1) is 5.92 Å². The summed E-state index contributed by atoms with van der Waals surface area (Å²) in [6.07, 6.45) is 0.195. The molecule has 7 heteroatoms. The molecule has 1 saturated heterocycles. The monoisotopic (exact) mass is 400 g/mol. The van der Waals surface area contributed by atoms with Crippen molar-refractivity contribution in [2.75, 3.05) is 31.7 Å². The van der Waals surface area contributed by atoms with E-state index in [2.05, 4.69) is 0 Å². The summed E-state index contributed by atoms with van der Waals surface area (Å²) in [7, 11) is 1.74. The van der Waals surface area contributed by atoms with Gasteiger partial charge in [-0.25, -0.2) is 0 Å². The minimum absolute atomic E-state index is 0.0617. The molecule has 0 radical (unpaired) electrons. The zero-order chi connectivity index (χ0) is 19.7. The Kier molecular flexibility index (Phi) is 5.13. The summed E-state index contributed by atoms with van der Waals surface area (Å²) in [5.41, 5.74) is 1.60. The number of amides is 2. The van der Waals surface area contributed by atoms with Gasteiger partial charge in [-0.1, -0.05) is 29.8 Å². The van der Waals surface area contributed by atoms with Gasteiger partial charge in [-0.3, -0.25) is 9.59 Å². The molecule has 0 aromatic heterocycles. The normalized spacial score (nSPS) is 18.3. The van der Waals surface area contributed by atoms with Crippen molar-refractivity contribution in [1.82, 2.24) is 4.90 Å². The fraction of sp³-hybridized carbons (Fsp3) is 0.333. The number of ether oxygens (including phenoxy) is 2. The number of carbonyl (C=O) groups excluding carboxylic acids is 2. The van der Waals surface area contributed by atoms with Gasteiger partial charge in [0.25, 0.3) is 0 Å². The number of benzene rings is 2. The lowest BCUT2D eigenvalue weighted by atomic mass is 10.1. The molecule has 2 aromatic rings. The first-order chi connectivity index (χ1) is 13.5. The number of hydrogen-bond donors (Lipinski definition) is 0. The quantitative estimate of drug-likeness (QED) is 0.791. The van der Waals surface area contributed by atoms with E-state index >= 15 is 0 Å². The molecular formula is C21H21ClN2O4. The van der Waals surface area contributed by atoms with E-state index in [-0.39, 0.29) is 24.2 Å². The molecule has 0 aliphatic carbocycles. The topological polar surface area (TPSA) is 59.1 Å². The van der Waals surface area contributed by atoms with E-state index in [1.807, 2.05) is 24.3 Å². The van der Waals surface area contributed by atoms with Crippen molar-refractivity contribution in [3.05, 3.63) is 53.1 Å². The van der Waals surface area contributed by atoms with Crippen molar-refractivity contribution < 1.29 is 19.1 Å². The highest BCUT2D eigenvalue weighted by Crippen LogP contribution is 2.36. The van der Waals surface area contributed by atoms with Crippen molar-refractivity contribution >= 4 is 29.1 Å². The van der Waals surface area contributed by atoms with Crippen LogP contribution in [0.5, 0.6) is 11.5 Å². The van der Waals surface area contributed by atoms with Crippen molar-refractivity contribution in [2.45, 2.75) is 13.0 Å². The van der Waals surface area contributed by atoms with Crippen LogP contribution >= 0.6 is 11.6 Å². The van der Waals surface area contributed by atoms with Crippen molar-refractivity contribution in [3.63, 3.8) is 0 Å². The van der Waals surface area contributed by atoms with Gasteiger partial charge in [0.05, 0.1) is 5.92 Å². The molecule has 0 N–H and O–H groups in total. The van der Waals surface area contributed by atoms with E-state index in [9.17, 15) is 9.59 Å². The zero-order valence-electron chi connectivity index (χ0n) is 15.6. The summed E-state index contributed by atoms with van der Waals surface area (Å²) in [5, 5.41) is 0.627. The fourth-order valence-electron chi connectivity index (χ4n) is 3.59. The third-order valence-electron chi connectivity index (χ3n) is 5.05. The van der Waals surface area contributed by atoms with Gasteiger partial charge in [-0.15, -0.1) is 0 Å². The van der Waals surface area contributed by atoms with Crippen LogP contribution in [0.15, 0.2) is 42.5 Å². The summed E-state index contributed by atoms with van der Waals surface area (Å²) in [6.45, 7) is 1.76. The molecule has 146 valence electrons. The second kappa shape index (κ2) is 7.72. The maximum Gasteiger partial charge on any atom is 0.228 e. The van der Waals surface area contributed by atoms with Gasteiger partial charge in [-0.2, -0.15) is 0 Å². The first kappa shape index (κ1) is 18.6. The largest absolute Gasteiger partial charge is 0.486 e. The van der Waals surface area contributed by atoms with E-state index in [4.69, 9.17) is 21.1 Å². The summed E-state index contributed by atoms with van der Waals surface area (Å²) in [5.74, 6) is 0.790. The Labute approximate surface area is 168 Å². The Hall–Kier alpha value is -2.73. The molecule has 2 aliphatic rings. The molecule has 0 bridgehead atoms. The lowest BCUT2D eigenvalue weighted by Gasteiger charge is -2.23. The lowest BCUT2D eigenvalue weighted by Crippen LogP contribution is -2.34. The average molecular weight is 401 g/mol. The number of hydrogen-bond acceptors (Lipinski definition) is 4. The molecule has 2 amide bonds. The Bertz CT molecular complexity index is 917. The van der Waals surface area contributed by atoms with Crippen LogP contribution < -0.4 is 14.4 Å². The van der Waals surface area contributed by atoms with Crippen LogP contribution in [0.4, 0.5) is 5.69 Å². The third kappa shape index (κ3) is 3.64. The molecule has 4 rings (SSSR count). The van der Waals surface area contributed by atoms with Gasteiger partial charge >= 0.3 is 0 Å². The molecule has 2 aliphatic heterocycles. The molecule has 6 nitrogen and oxygen atoms in total. The minimum Gasteiger partial charge on any atom is -0.486 e. The van der Waals surface area contributed by atoms with Crippen molar-refractivity contribution in [1.29, 1.82) is 0 Å². The van der Waals surface area contributed by atoms with Gasteiger partial charge in [0.1, 0.15) is 13.2 Å². The molecule has 0 unspecified atom stereocenters. The Balaban J connectivity index is 1.45. The Morgan fingerprint density at radius 1 is 1.18 bits per heavy atom. The van der Waals surface area contributed by atoms with E-state index in [1.165, 1.54) is 0 Å². The molecule has 0 saturated carbocycles. The highest BCUT2D eigenvalue weighted by atomic mass is 35.5. The van der Waals surface area contributed by atoms with Gasteiger partial charge < -0.3 is 19.3 Å². The smallest absolute Gasteiger partial charge is 0.228 e. The molecule has 1 atom stereocenters. The van der Waals surface area contributed by atoms with Crippen molar-refractivity contribution in [3.8, 4) is 11.5 Å². The maximum absolute atomic E-state index is 12.9. The van der Waals surface area contributed by atoms with E-state index in [1.54, 1.807) is 35.0 Å². The zero-order valence-corrected chi connectivity index (χ0v) is 16.3. The number of fused-ring (bicyclic) bond motifs is 1. The fourth-order valence-corrected chi connectivity index (χ4v) is 3.79. The second-order valence-corrected chi connectivity index (χ2v) is 7.43. The maximum atomic E-state index is 12.9. The average Bonchev–Trinajstić information content (AvgIpc) is 3.10. The van der Waals surface area contributed by atoms with Crippen LogP contribution in [0.2, 0.25) is 5.02 Å². The van der Waals surface area contributed by atoms with Gasteiger partial charge in [0.2, 0.25) is 11.8 Å². The Morgan fingerprint density at radius 3 is 2.71 bits per heavy atom. The van der Waals surface area contributed by atoms with E-state index in [0.717, 1.165) is 11.3 Å². The lowest BCUT2D eigenvalue weighted by molar-refractivity contribution is -0.135. The third-order valence-corrected chi connectivity index (χ3v) is 5.42. The molecule has 0 spiro atoms. The predicted octanol–water partition coefficient (Wildman–Crippen LogP) is 3.12. The molecule has 2 aromatic carbocycles. The predicted molar refractivity (Wildman–Crippen MR) is 106 cm³/mol. The first-order valence-corrected chi connectivity index (χ1v) is 9.59. The standard InChI is InChI=1S/C21H21ClN2O4/c1-23(12-14-4-2-3-5-17(14)22)21(26)15-10-20(25)24(13-15)16-6-7-18-19(11-16)28-9-8-27-18/h2-7,11,15H,8-10,12-13H2,1H3/t15-/m1/s1. The first-order valence-electron chi connectivity index (χ1n) is 9.21. The van der Waals surface area contributed by atoms with Crippen molar-refractivity contribution in [2.24, 2.45) is 5.92 Å². The number of rotatable bonds is 4. The van der Waals surface area contributed by atoms with Crippen LogP contribution in [0.25, 0.3) is 0 Å². The van der Waals surface area contributed by atoms with Crippen LogP contribution in [-0.4, -0.2) is 43.5 Å². The highest BCUT2D eigenvalue weighted by Gasteiger charge is 2.37. The van der Waals surface area contributed by atoms with Gasteiger partial charge in [0.15, 0.2) is 11.5 Å². The van der Waals surface area contributed by atoms with Crippen LogP contribution in [0.1, 0.15) is 12.0 Å². The summed E-state index contributed by atoms with van der Waals surface area (Å²) >= 11 is 6.19. The highest BCUT2D eigenvalue weighted by molar-refractivity contribution is 6.31.